The number of para-hydroxylation sites is 1. The quantitative estimate of drug-likeness (QED) is 0.747. The number of hydrogen-bond donors (Lipinski definition) is 1. The first-order valence-electron chi connectivity index (χ1n) is 7.54. The van der Waals surface area contributed by atoms with Gasteiger partial charge in [-0.05, 0) is 18.6 Å². The van der Waals surface area contributed by atoms with Crippen molar-refractivity contribution >= 4 is 0 Å². The molecule has 2 N–H and O–H groups in total. The van der Waals surface area contributed by atoms with Gasteiger partial charge in [-0.3, -0.25) is 0 Å². The van der Waals surface area contributed by atoms with Gasteiger partial charge in [-0.1, -0.05) is 62.4 Å². The standard InChI is InChI=1S/C16H24N4/c1-2-3-4-5-9-12-15(17)16-13-18-19-20(16)14-10-7-6-8-11-14/h6-8,10-11,13,15H,2-5,9,12,17H2,1H3. The Morgan fingerprint density at radius 1 is 1.10 bits per heavy atom. The zero-order valence-corrected chi connectivity index (χ0v) is 12.2. The number of nitrogens with zero attached hydrogens (tertiary/aromatic N) is 3. The Labute approximate surface area is 121 Å². The van der Waals surface area contributed by atoms with E-state index in [4.69, 9.17) is 5.73 Å². The second-order valence-corrected chi connectivity index (χ2v) is 5.22. The first kappa shape index (κ1) is 14.7. The Kier molecular flexibility index (Phi) is 5.74. The van der Waals surface area contributed by atoms with E-state index in [2.05, 4.69) is 17.2 Å². The summed E-state index contributed by atoms with van der Waals surface area (Å²) in [5.74, 6) is 0. The van der Waals surface area contributed by atoms with Crippen LogP contribution in [-0.2, 0) is 0 Å². The summed E-state index contributed by atoms with van der Waals surface area (Å²) in [6.45, 7) is 2.23. The molecule has 4 nitrogen and oxygen atoms in total. The van der Waals surface area contributed by atoms with Gasteiger partial charge in [0.1, 0.15) is 0 Å². The van der Waals surface area contributed by atoms with Crippen molar-refractivity contribution in [2.24, 2.45) is 5.73 Å². The van der Waals surface area contributed by atoms with E-state index in [9.17, 15) is 0 Å². The Balaban J connectivity index is 1.94. The van der Waals surface area contributed by atoms with Gasteiger partial charge in [-0.2, -0.15) is 0 Å². The molecule has 1 heterocycles. The summed E-state index contributed by atoms with van der Waals surface area (Å²) in [5.41, 5.74) is 8.30. The summed E-state index contributed by atoms with van der Waals surface area (Å²) in [4.78, 5) is 0. The molecule has 1 aromatic carbocycles. The maximum Gasteiger partial charge on any atom is 0.0812 e. The summed E-state index contributed by atoms with van der Waals surface area (Å²) in [7, 11) is 0. The summed E-state index contributed by atoms with van der Waals surface area (Å²) in [6.07, 6.45) is 9.10. The Hall–Kier alpha value is -1.68. The van der Waals surface area contributed by atoms with Crippen molar-refractivity contribution in [2.45, 2.75) is 51.5 Å². The summed E-state index contributed by atoms with van der Waals surface area (Å²) in [6, 6.07) is 10.0. The number of hydrogen-bond acceptors (Lipinski definition) is 3. The Morgan fingerprint density at radius 3 is 2.60 bits per heavy atom. The van der Waals surface area contributed by atoms with E-state index in [1.165, 1.54) is 32.1 Å². The number of nitrogens with two attached hydrogens (primary N) is 1. The molecule has 1 atom stereocenters. The maximum atomic E-state index is 6.29. The van der Waals surface area contributed by atoms with Crippen LogP contribution in [0.3, 0.4) is 0 Å². The molecule has 4 heteroatoms. The smallest absolute Gasteiger partial charge is 0.0812 e. The molecule has 2 aromatic rings. The minimum absolute atomic E-state index is 0.00633. The van der Waals surface area contributed by atoms with Crippen molar-refractivity contribution in [1.82, 2.24) is 15.0 Å². The molecule has 20 heavy (non-hydrogen) atoms. The fraction of sp³-hybridized carbons (Fsp3) is 0.500. The van der Waals surface area contributed by atoms with Gasteiger partial charge in [0.25, 0.3) is 0 Å². The molecule has 0 aliphatic rings. The maximum absolute atomic E-state index is 6.29. The van der Waals surface area contributed by atoms with Crippen LogP contribution in [0, 0.1) is 0 Å². The molecule has 1 unspecified atom stereocenters. The molecule has 0 fully saturated rings. The fourth-order valence-electron chi connectivity index (χ4n) is 2.38. The normalized spacial score (nSPS) is 12.5. The molecule has 2 rings (SSSR count). The third-order valence-corrected chi connectivity index (χ3v) is 3.58. The number of benzene rings is 1. The lowest BCUT2D eigenvalue weighted by Gasteiger charge is -2.13. The third kappa shape index (κ3) is 3.90. The van der Waals surface area contributed by atoms with Crippen molar-refractivity contribution in [3.63, 3.8) is 0 Å². The highest BCUT2D eigenvalue weighted by Gasteiger charge is 2.13. The lowest BCUT2D eigenvalue weighted by Crippen LogP contribution is -2.15. The lowest BCUT2D eigenvalue weighted by molar-refractivity contribution is 0.537. The van der Waals surface area contributed by atoms with Crippen LogP contribution in [0.25, 0.3) is 5.69 Å². The molecule has 0 amide bonds. The van der Waals surface area contributed by atoms with Crippen LogP contribution in [0.2, 0.25) is 0 Å². The largest absolute Gasteiger partial charge is 0.323 e. The highest BCUT2D eigenvalue weighted by molar-refractivity contribution is 5.32. The number of unbranched alkanes of at least 4 members (excludes halogenated alkanes) is 4. The van der Waals surface area contributed by atoms with Crippen LogP contribution in [0.4, 0.5) is 0 Å². The predicted octanol–water partition coefficient (Wildman–Crippen LogP) is 3.63. The molecule has 0 saturated heterocycles. The van der Waals surface area contributed by atoms with E-state index in [-0.39, 0.29) is 6.04 Å². The highest BCUT2D eigenvalue weighted by Crippen LogP contribution is 2.19. The molecule has 0 aliphatic carbocycles. The molecular weight excluding hydrogens is 248 g/mol. The first-order valence-corrected chi connectivity index (χ1v) is 7.54. The number of aromatic nitrogens is 3. The summed E-state index contributed by atoms with van der Waals surface area (Å²) >= 11 is 0. The van der Waals surface area contributed by atoms with Gasteiger partial charge in [0, 0.05) is 6.04 Å². The number of rotatable bonds is 8. The van der Waals surface area contributed by atoms with Crippen LogP contribution in [0.5, 0.6) is 0 Å². The van der Waals surface area contributed by atoms with Gasteiger partial charge in [0.15, 0.2) is 0 Å². The van der Waals surface area contributed by atoms with E-state index < -0.39 is 0 Å². The molecular formula is C16H24N4. The van der Waals surface area contributed by atoms with Crippen LogP contribution < -0.4 is 5.73 Å². The highest BCUT2D eigenvalue weighted by atomic mass is 15.4. The van der Waals surface area contributed by atoms with E-state index in [0.717, 1.165) is 17.8 Å². The van der Waals surface area contributed by atoms with Crippen LogP contribution in [0.15, 0.2) is 36.5 Å². The minimum Gasteiger partial charge on any atom is -0.323 e. The van der Waals surface area contributed by atoms with E-state index in [1.54, 1.807) is 6.20 Å². The SMILES string of the molecule is CCCCCCCC(N)c1cnnn1-c1ccccc1. The van der Waals surface area contributed by atoms with Gasteiger partial charge in [-0.25, -0.2) is 4.68 Å². The molecule has 0 bridgehead atoms. The third-order valence-electron chi connectivity index (χ3n) is 3.58. The summed E-state index contributed by atoms with van der Waals surface area (Å²) < 4.78 is 1.84. The van der Waals surface area contributed by atoms with Gasteiger partial charge in [0.05, 0.1) is 17.6 Å². The molecule has 0 spiro atoms. The van der Waals surface area contributed by atoms with E-state index in [1.807, 2.05) is 35.0 Å². The van der Waals surface area contributed by atoms with Gasteiger partial charge < -0.3 is 5.73 Å². The molecule has 108 valence electrons. The summed E-state index contributed by atoms with van der Waals surface area (Å²) in [5, 5.41) is 8.16. The average molecular weight is 272 g/mol. The van der Waals surface area contributed by atoms with E-state index >= 15 is 0 Å². The zero-order chi connectivity index (χ0) is 14.2. The minimum atomic E-state index is 0.00633. The lowest BCUT2D eigenvalue weighted by atomic mass is 10.0. The van der Waals surface area contributed by atoms with Crippen molar-refractivity contribution < 1.29 is 0 Å². The second-order valence-electron chi connectivity index (χ2n) is 5.22. The Bertz CT molecular complexity index is 492. The van der Waals surface area contributed by atoms with Crippen molar-refractivity contribution in [1.29, 1.82) is 0 Å². The van der Waals surface area contributed by atoms with Crippen molar-refractivity contribution in [3.8, 4) is 5.69 Å². The van der Waals surface area contributed by atoms with Crippen LogP contribution >= 0.6 is 0 Å². The van der Waals surface area contributed by atoms with E-state index in [0.29, 0.717) is 0 Å². The van der Waals surface area contributed by atoms with Gasteiger partial charge >= 0.3 is 0 Å². The van der Waals surface area contributed by atoms with Crippen molar-refractivity contribution in [2.75, 3.05) is 0 Å². The van der Waals surface area contributed by atoms with Gasteiger partial charge in [-0.15, -0.1) is 5.10 Å². The first-order chi connectivity index (χ1) is 9.83. The molecule has 0 saturated carbocycles. The van der Waals surface area contributed by atoms with Crippen LogP contribution in [0.1, 0.15) is 57.2 Å². The topological polar surface area (TPSA) is 56.7 Å². The zero-order valence-electron chi connectivity index (χ0n) is 12.2. The molecule has 0 aliphatic heterocycles. The monoisotopic (exact) mass is 272 g/mol. The van der Waals surface area contributed by atoms with Gasteiger partial charge in [0.2, 0.25) is 0 Å². The molecule has 1 aromatic heterocycles. The second kappa shape index (κ2) is 7.80. The average Bonchev–Trinajstić information content (AvgIpc) is 2.97. The predicted molar refractivity (Wildman–Crippen MR) is 81.7 cm³/mol. The fourth-order valence-corrected chi connectivity index (χ4v) is 2.38. The Morgan fingerprint density at radius 2 is 1.85 bits per heavy atom. The van der Waals surface area contributed by atoms with Crippen molar-refractivity contribution in [3.05, 3.63) is 42.2 Å². The molecule has 0 radical (unpaired) electrons. The van der Waals surface area contributed by atoms with Crippen LogP contribution in [-0.4, -0.2) is 15.0 Å².